The lowest BCUT2D eigenvalue weighted by atomic mass is 10.1. The fourth-order valence-electron chi connectivity index (χ4n) is 1.32. The number of anilines is 1. The van der Waals surface area contributed by atoms with Gasteiger partial charge in [-0.2, -0.15) is 0 Å². The van der Waals surface area contributed by atoms with Gasteiger partial charge < -0.3 is 15.4 Å². The molecule has 1 aromatic carbocycles. The number of hydrogen-bond donors (Lipinski definition) is 2. The van der Waals surface area contributed by atoms with Crippen molar-refractivity contribution < 1.29 is 13.9 Å². The molecule has 1 aromatic rings. The van der Waals surface area contributed by atoms with Gasteiger partial charge in [-0.3, -0.25) is 4.79 Å². The van der Waals surface area contributed by atoms with E-state index < -0.39 is 0 Å². The standard InChI is InChI=1S/C13H19FN2O2/c1-13(2,18-3)9-15-8-12(17)16-11-6-4-5-10(14)7-11/h4-7,15H,8-9H2,1-3H3,(H,16,17). The molecule has 1 rings (SSSR count). The third-order valence-electron chi connectivity index (χ3n) is 2.50. The first-order chi connectivity index (χ1) is 8.43. The van der Waals surface area contributed by atoms with E-state index in [4.69, 9.17) is 4.74 Å². The van der Waals surface area contributed by atoms with Crippen LogP contribution in [0.25, 0.3) is 0 Å². The Morgan fingerprint density at radius 1 is 1.44 bits per heavy atom. The molecule has 0 saturated heterocycles. The minimum atomic E-state index is -0.374. The van der Waals surface area contributed by atoms with Gasteiger partial charge in [0.15, 0.2) is 0 Å². The highest BCUT2D eigenvalue weighted by Gasteiger charge is 2.15. The minimum Gasteiger partial charge on any atom is -0.377 e. The van der Waals surface area contributed by atoms with Gasteiger partial charge in [-0.15, -0.1) is 0 Å². The highest BCUT2D eigenvalue weighted by Crippen LogP contribution is 2.08. The molecular weight excluding hydrogens is 235 g/mol. The van der Waals surface area contributed by atoms with Gasteiger partial charge in [0.25, 0.3) is 0 Å². The largest absolute Gasteiger partial charge is 0.377 e. The lowest BCUT2D eigenvalue weighted by Crippen LogP contribution is -2.40. The molecule has 0 aliphatic heterocycles. The van der Waals surface area contributed by atoms with Gasteiger partial charge in [-0.1, -0.05) is 6.07 Å². The van der Waals surface area contributed by atoms with E-state index in [2.05, 4.69) is 10.6 Å². The molecule has 5 heteroatoms. The second-order valence-electron chi connectivity index (χ2n) is 4.63. The van der Waals surface area contributed by atoms with Gasteiger partial charge in [-0.25, -0.2) is 4.39 Å². The summed E-state index contributed by atoms with van der Waals surface area (Å²) in [7, 11) is 1.62. The Morgan fingerprint density at radius 2 is 2.17 bits per heavy atom. The van der Waals surface area contributed by atoms with E-state index >= 15 is 0 Å². The average Bonchev–Trinajstić information content (AvgIpc) is 2.28. The Hall–Kier alpha value is -1.46. The molecule has 1 amide bonds. The molecule has 2 N–H and O–H groups in total. The zero-order chi connectivity index (χ0) is 13.6. The second kappa shape index (κ2) is 6.47. The molecule has 100 valence electrons. The van der Waals surface area contributed by atoms with Crippen LogP contribution in [0.3, 0.4) is 0 Å². The Balaban J connectivity index is 2.34. The van der Waals surface area contributed by atoms with E-state index in [1.165, 1.54) is 12.1 Å². The number of carbonyl (C=O) groups is 1. The van der Waals surface area contributed by atoms with E-state index in [9.17, 15) is 9.18 Å². The highest BCUT2D eigenvalue weighted by atomic mass is 19.1. The molecule has 0 unspecified atom stereocenters. The van der Waals surface area contributed by atoms with Crippen LogP contribution < -0.4 is 10.6 Å². The van der Waals surface area contributed by atoms with Crippen LogP contribution >= 0.6 is 0 Å². The number of hydrogen-bond acceptors (Lipinski definition) is 3. The van der Waals surface area contributed by atoms with Crippen molar-refractivity contribution in [3.05, 3.63) is 30.1 Å². The summed E-state index contributed by atoms with van der Waals surface area (Å²) >= 11 is 0. The number of methoxy groups -OCH3 is 1. The van der Waals surface area contributed by atoms with Crippen LogP contribution in [0, 0.1) is 5.82 Å². The molecule has 0 bridgehead atoms. The molecule has 0 radical (unpaired) electrons. The predicted molar refractivity (Wildman–Crippen MR) is 69.0 cm³/mol. The molecule has 4 nitrogen and oxygen atoms in total. The summed E-state index contributed by atoms with van der Waals surface area (Å²) in [6.07, 6.45) is 0. The van der Waals surface area contributed by atoms with E-state index in [-0.39, 0.29) is 23.9 Å². The zero-order valence-electron chi connectivity index (χ0n) is 10.9. The van der Waals surface area contributed by atoms with E-state index in [0.29, 0.717) is 12.2 Å². The van der Waals surface area contributed by atoms with Crippen LogP contribution in [0.5, 0.6) is 0 Å². The average molecular weight is 254 g/mol. The number of halogens is 1. The third-order valence-corrected chi connectivity index (χ3v) is 2.50. The summed E-state index contributed by atoms with van der Waals surface area (Å²) < 4.78 is 18.1. The lowest BCUT2D eigenvalue weighted by Gasteiger charge is -2.22. The smallest absolute Gasteiger partial charge is 0.238 e. The van der Waals surface area contributed by atoms with Crippen molar-refractivity contribution in [2.45, 2.75) is 19.4 Å². The monoisotopic (exact) mass is 254 g/mol. The minimum absolute atomic E-state index is 0.156. The topological polar surface area (TPSA) is 50.4 Å². The first-order valence-corrected chi connectivity index (χ1v) is 5.74. The van der Waals surface area contributed by atoms with Gasteiger partial charge in [0, 0.05) is 19.3 Å². The van der Waals surface area contributed by atoms with E-state index in [1.54, 1.807) is 19.2 Å². The van der Waals surface area contributed by atoms with Crippen LogP contribution in [0.15, 0.2) is 24.3 Å². The normalized spacial score (nSPS) is 11.3. The maximum atomic E-state index is 12.9. The zero-order valence-corrected chi connectivity index (χ0v) is 10.9. The molecule has 18 heavy (non-hydrogen) atoms. The van der Waals surface area contributed by atoms with Crippen molar-refractivity contribution in [3.8, 4) is 0 Å². The first kappa shape index (κ1) is 14.6. The van der Waals surface area contributed by atoms with E-state index in [0.717, 1.165) is 0 Å². The van der Waals surface area contributed by atoms with Crippen LogP contribution in [0.1, 0.15) is 13.8 Å². The van der Waals surface area contributed by atoms with Crippen LogP contribution in [0.4, 0.5) is 10.1 Å². The summed E-state index contributed by atoms with van der Waals surface area (Å²) in [6.45, 7) is 4.55. The summed E-state index contributed by atoms with van der Waals surface area (Å²) in [5, 5.41) is 5.59. The molecule has 0 aromatic heterocycles. The van der Waals surface area contributed by atoms with Gasteiger partial charge in [0.1, 0.15) is 5.82 Å². The van der Waals surface area contributed by atoms with Gasteiger partial charge >= 0.3 is 0 Å². The fourth-order valence-corrected chi connectivity index (χ4v) is 1.32. The van der Waals surface area contributed by atoms with Crippen molar-refractivity contribution in [1.82, 2.24) is 5.32 Å². The number of rotatable bonds is 6. The lowest BCUT2D eigenvalue weighted by molar-refractivity contribution is -0.115. The number of carbonyl (C=O) groups excluding carboxylic acids is 1. The number of nitrogens with one attached hydrogen (secondary N) is 2. The number of benzene rings is 1. The Kier molecular flexibility index (Phi) is 5.25. The maximum Gasteiger partial charge on any atom is 0.238 e. The van der Waals surface area contributed by atoms with Crippen LogP contribution in [-0.2, 0) is 9.53 Å². The molecule has 0 aliphatic carbocycles. The molecule has 0 spiro atoms. The fraction of sp³-hybridized carbons (Fsp3) is 0.462. The molecule has 0 atom stereocenters. The second-order valence-corrected chi connectivity index (χ2v) is 4.63. The van der Waals surface area contributed by atoms with Crippen molar-refractivity contribution in [2.75, 3.05) is 25.5 Å². The SMILES string of the molecule is COC(C)(C)CNCC(=O)Nc1cccc(F)c1. The molecule has 0 fully saturated rings. The van der Waals surface area contributed by atoms with Crippen LogP contribution in [0.2, 0.25) is 0 Å². The Morgan fingerprint density at radius 3 is 2.78 bits per heavy atom. The molecule has 0 heterocycles. The Bertz CT molecular complexity index is 408. The summed E-state index contributed by atoms with van der Waals surface area (Å²) in [5.41, 5.74) is 0.131. The van der Waals surface area contributed by atoms with Gasteiger partial charge in [-0.05, 0) is 32.0 Å². The summed E-state index contributed by atoms with van der Waals surface area (Å²) in [5.74, 6) is -0.589. The summed E-state index contributed by atoms with van der Waals surface area (Å²) in [6, 6.07) is 5.79. The quantitative estimate of drug-likeness (QED) is 0.813. The van der Waals surface area contributed by atoms with Gasteiger partial charge in [0.2, 0.25) is 5.91 Å². The molecule has 0 saturated carbocycles. The highest BCUT2D eigenvalue weighted by molar-refractivity contribution is 5.92. The van der Waals surface area contributed by atoms with Crippen molar-refractivity contribution in [3.63, 3.8) is 0 Å². The van der Waals surface area contributed by atoms with Crippen molar-refractivity contribution >= 4 is 11.6 Å². The number of amides is 1. The third kappa shape index (κ3) is 5.25. The summed E-state index contributed by atoms with van der Waals surface area (Å²) in [4.78, 5) is 11.6. The van der Waals surface area contributed by atoms with Gasteiger partial charge in [0.05, 0.1) is 12.1 Å². The molecule has 0 aliphatic rings. The predicted octanol–water partition coefficient (Wildman–Crippen LogP) is 1.78. The first-order valence-electron chi connectivity index (χ1n) is 5.74. The Labute approximate surface area is 107 Å². The molecular formula is C13H19FN2O2. The van der Waals surface area contributed by atoms with Crippen molar-refractivity contribution in [2.24, 2.45) is 0 Å². The number of ether oxygens (including phenoxy) is 1. The van der Waals surface area contributed by atoms with Crippen molar-refractivity contribution in [1.29, 1.82) is 0 Å². The van der Waals surface area contributed by atoms with Crippen LogP contribution in [-0.4, -0.2) is 31.7 Å². The maximum absolute atomic E-state index is 12.9. The van der Waals surface area contributed by atoms with E-state index in [1.807, 2.05) is 13.8 Å².